The fourth-order valence-corrected chi connectivity index (χ4v) is 4.41. The highest BCUT2D eigenvalue weighted by molar-refractivity contribution is 7.91. The van der Waals surface area contributed by atoms with Crippen molar-refractivity contribution in [1.82, 2.24) is 15.0 Å². The number of aryl methyl sites for hydroxylation is 1. The van der Waals surface area contributed by atoms with Crippen molar-refractivity contribution in [1.29, 1.82) is 0 Å². The van der Waals surface area contributed by atoms with Crippen molar-refractivity contribution < 1.29 is 8.42 Å². The van der Waals surface area contributed by atoms with Gasteiger partial charge in [-0.25, -0.2) is 13.1 Å². The summed E-state index contributed by atoms with van der Waals surface area (Å²) < 4.78 is 27.6. The lowest BCUT2D eigenvalue weighted by Crippen LogP contribution is -2.22. The van der Waals surface area contributed by atoms with Gasteiger partial charge in [-0.15, -0.1) is 11.3 Å². The molecule has 0 spiro atoms. The summed E-state index contributed by atoms with van der Waals surface area (Å²) in [5.74, 6) is 0. The maximum absolute atomic E-state index is 12.3. The third-order valence-electron chi connectivity index (χ3n) is 3.01. The smallest absolute Gasteiger partial charge is 0.250 e. The Kier molecular flexibility index (Phi) is 5.46. The Morgan fingerprint density at radius 3 is 2.62 bits per heavy atom. The van der Waals surface area contributed by atoms with Gasteiger partial charge >= 0.3 is 0 Å². The zero-order valence-corrected chi connectivity index (χ0v) is 13.7. The number of sulfonamides is 1. The van der Waals surface area contributed by atoms with Crippen LogP contribution in [0.3, 0.4) is 0 Å². The number of pyridine rings is 1. The molecule has 21 heavy (non-hydrogen) atoms. The van der Waals surface area contributed by atoms with Crippen LogP contribution in [0.5, 0.6) is 0 Å². The molecule has 0 atom stereocenters. The Morgan fingerprint density at radius 2 is 1.95 bits per heavy atom. The summed E-state index contributed by atoms with van der Waals surface area (Å²) in [5, 5.41) is 3.22. The average Bonchev–Trinajstić information content (AvgIpc) is 2.86. The van der Waals surface area contributed by atoms with Gasteiger partial charge in [-0.2, -0.15) is 0 Å². The molecule has 2 heterocycles. The first kappa shape index (κ1) is 16.1. The van der Waals surface area contributed by atoms with E-state index >= 15 is 0 Å². The van der Waals surface area contributed by atoms with Crippen LogP contribution < -0.4 is 10.0 Å². The van der Waals surface area contributed by atoms with Gasteiger partial charge in [0.1, 0.15) is 4.21 Å². The van der Waals surface area contributed by atoms with Crippen LogP contribution in [0.2, 0.25) is 0 Å². The fraction of sp³-hybridized carbons (Fsp3) is 0.357. The van der Waals surface area contributed by atoms with Crippen LogP contribution >= 0.6 is 11.3 Å². The summed E-state index contributed by atoms with van der Waals surface area (Å²) >= 11 is 1.32. The van der Waals surface area contributed by atoms with Crippen LogP contribution in [0, 0.1) is 6.92 Å². The van der Waals surface area contributed by atoms with Gasteiger partial charge in [0.2, 0.25) is 10.0 Å². The van der Waals surface area contributed by atoms with E-state index in [4.69, 9.17) is 0 Å². The first-order chi connectivity index (χ1) is 10.0. The molecule has 7 heteroatoms. The molecule has 0 bridgehead atoms. The Labute approximate surface area is 129 Å². The summed E-state index contributed by atoms with van der Waals surface area (Å²) in [4.78, 5) is 4.97. The van der Waals surface area contributed by atoms with Crippen LogP contribution in [-0.2, 0) is 23.1 Å². The van der Waals surface area contributed by atoms with Gasteiger partial charge in [-0.05, 0) is 42.8 Å². The van der Waals surface area contributed by atoms with Crippen LogP contribution in [0.15, 0.2) is 34.8 Å². The number of hydrogen-bond acceptors (Lipinski definition) is 5. The van der Waals surface area contributed by atoms with Gasteiger partial charge in [0.05, 0.1) is 0 Å². The minimum atomic E-state index is -3.46. The minimum absolute atomic E-state index is 0.268. The number of thiophene rings is 1. The van der Waals surface area contributed by atoms with Crippen molar-refractivity contribution in [3.05, 3.63) is 46.6 Å². The molecule has 0 aromatic carbocycles. The molecule has 0 radical (unpaired) electrons. The predicted octanol–water partition coefficient (Wildman–Crippen LogP) is 2.04. The standard InChI is InChI=1S/C14H19N3O2S2/c1-3-15-10-13-11(2)8-14(20-13)21(18,19)17-9-12-4-6-16-7-5-12/h4-8,15,17H,3,9-10H2,1-2H3. The maximum atomic E-state index is 12.3. The maximum Gasteiger partial charge on any atom is 0.250 e. The SMILES string of the molecule is CCNCc1sc(S(=O)(=O)NCc2ccncc2)cc1C. The second kappa shape index (κ2) is 7.13. The molecule has 5 nitrogen and oxygen atoms in total. The fourth-order valence-electron chi connectivity index (χ4n) is 1.79. The van der Waals surface area contributed by atoms with E-state index in [9.17, 15) is 8.42 Å². The molecular formula is C14H19N3O2S2. The molecule has 0 unspecified atom stereocenters. The number of nitrogens with zero attached hydrogens (tertiary/aromatic N) is 1. The molecule has 0 aliphatic rings. The Hall–Kier alpha value is -1.28. The lowest BCUT2D eigenvalue weighted by atomic mass is 10.3. The summed E-state index contributed by atoms with van der Waals surface area (Å²) in [6, 6.07) is 5.31. The lowest BCUT2D eigenvalue weighted by Gasteiger charge is -2.04. The summed E-state index contributed by atoms with van der Waals surface area (Å²) in [7, 11) is -3.46. The van der Waals surface area contributed by atoms with E-state index in [0.29, 0.717) is 10.8 Å². The van der Waals surface area contributed by atoms with Crippen molar-refractivity contribution in [2.24, 2.45) is 0 Å². The predicted molar refractivity (Wildman–Crippen MR) is 84.7 cm³/mol. The molecule has 0 saturated carbocycles. The van der Waals surface area contributed by atoms with Crippen molar-refractivity contribution in [2.75, 3.05) is 6.54 Å². The quantitative estimate of drug-likeness (QED) is 0.817. The van der Waals surface area contributed by atoms with E-state index in [0.717, 1.165) is 22.5 Å². The van der Waals surface area contributed by atoms with Crippen LogP contribution in [0.25, 0.3) is 0 Å². The second-order valence-corrected chi connectivity index (χ2v) is 7.76. The highest BCUT2D eigenvalue weighted by Gasteiger charge is 2.18. The van der Waals surface area contributed by atoms with Gasteiger partial charge in [-0.3, -0.25) is 4.98 Å². The average molecular weight is 325 g/mol. The number of rotatable bonds is 7. The largest absolute Gasteiger partial charge is 0.312 e. The molecule has 2 aromatic heterocycles. The van der Waals surface area contributed by atoms with Gasteiger partial charge in [0.15, 0.2) is 0 Å². The van der Waals surface area contributed by atoms with Gasteiger partial charge in [-0.1, -0.05) is 6.92 Å². The molecule has 0 amide bonds. The molecule has 0 fully saturated rings. The second-order valence-electron chi connectivity index (χ2n) is 4.63. The normalized spacial score (nSPS) is 11.7. The molecular weight excluding hydrogens is 306 g/mol. The van der Waals surface area contributed by atoms with Gasteiger partial charge in [0.25, 0.3) is 0 Å². The Balaban J connectivity index is 2.09. The molecule has 2 N–H and O–H groups in total. The first-order valence-corrected chi connectivity index (χ1v) is 9.01. The van der Waals surface area contributed by atoms with Crippen molar-refractivity contribution in [3.63, 3.8) is 0 Å². The van der Waals surface area contributed by atoms with E-state index in [1.807, 2.05) is 13.8 Å². The summed E-state index contributed by atoms with van der Waals surface area (Å²) in [6.45, 7) is 5.79. The monoisotopic (exact) mass is 325 g/mol. The van der Waals surface area contributed by atoms with E-state index < -0.39 is 10.0 Å². The zero-order valence-electron chi connectivity index (χ0n) is 12.1. The number of nitrogens with one attached hydrogen (secondary N) is 2. The summed E-state index contributed by atoms with van der Waals surface area (Å²) in [5.41, 5.74) is 1.89. The molecule has 0 aliphatic heterocycles. The highest BCUT2D eigenvalue weighted by Crippen LogP contribution is 2.25. The van der Waals surface area contributed by atoms with Crippen molar-refractivity contribution in [2.45, 2.75) is 31.1 Å². The van der Waals surface area contributed by atoms with E-state index in [2.05, 4.69) is 15.0 Å². The number of aromatic nitrogens is 1. The molecule has 0 saturated heterocycles. The van der Waals surface area contributed by atoms with Crippen molar-refractivity contribution in [3.8, 4) is 0 Å². The third kappa shape index (κ3) is 4.34. The zero-order chi connectivity index (χ0) is 15.3. The highest BCUT2D eigenvalue weighted by atomic mass is 32.2. The van der Waals surface area contributed by atoms with Crippen molar-refractivity contribution >= 4 is 21.4 Å². The molecule has 114 valence electrons. The molecule has 2 rings (SSSR count). The van der Waals surface area contributed by atoms with E-state index in [-0.39, 0.29) is 6.54 Å². The van der Waals surface area contributed by atoms with E-state index in [1.165, 1.54) is 11.3 Å². The topological polar surface area (TPSA) is 71.1 Å². The Bertz CT molecular complexity index is 681. The number of hydrogen-bond donors (Lipinski definition) is 2. The van der Waals surface area contributed by atoms with E-state index in [1.54, 1.807) is 30.6 Å². The summed E-state index contributed by atoms with van der Waals surface area (Å²) in [6.07, 6.45) is 3.29. The third-order valence-corrected chi connectivity index (χ3v) is 6.13. The first-order valence-electron chi connectivity index (χ1n) is 6.71. The Morgan fingerprint density at radius 1 is 1.24 bits per heavy atom. The van der Waals surface area contributed by atoms with Gasteiger partial charge < -0.3 is 5.32 Å². The minimum Gasteiger partial charge on any atom is -0.312 e. The van der Waals surface area contributed by atoms with Crippen LogP contribution in [-0.4, -0.2) is 19.9 Å². The van der Waals surface area contributed by atoms with Crippen LogP contribution in [0.4, 0.5) is 0 Å². The lowest BCUT2D eigenvalue weighted by molar-refractivity contribution is 0.583. The van der Waals surface area contributed by atoms with Gasteiger partial charge in [0, 0.05) is 30.4 Å². The molecule has 2 aromatic rings. The molecule has 0 aliphatic carbocycles. The van der Waals surface area contributed by atoms with Crippen LogP contribution in [0.1, 0.15) is 22.9 Å².